The number of likely N-dealkylation sites (tertiary alicyclic amines) is 1. The molecule has 1 unspecified atom stereocenters. The van der Waals surface area contributed by atoms with Gasteiger partial charge in [0.15, 0.2) is 5.78 Å². The van der Waals surface area contributed by atoms with E-state index in [1.807, 2.05) is 13.8 Å². The highest BCUT2D eigenvalue weighted by molar-refractivity contribution is 5.87. The zero-order valence-electron chi connectivity index (χ0n) is 11.1. The summed E-state index contributed by atoms with van der Waals surface area (Å²) in [5, 5.41) is 0. The molecule has 0 N–H and O–H groups in total. The van der Waals surface area contributed by atoms with Crippen LogP contribution in [0.3, 0.4) is 0 Å². The number of hydrogen-bond donors (Lipinski definition) is 0. The summed E-state index contributed by atoms with van der Waals surface area (Å²) < 4.78 is 36.2. The van der Waals surface area contributed by atoms with Gasteiger partial charge in [0.25, 0.3) is 0 Å². The van der Waals surface area contributed by atoms with Crippen molar-refractivity contribution in [3.63, 3.8) is 0 Å². The van der Waals surface area contributed by atoms with Gasteiger partial charge in [0.1, 0.15) is 0 Å². The zero-order valence-corrected chi connectivity index (χ0v) is 11.1. The summed E-state index contributed by atoms with van der Waals surface area (Å²) in [7, 11) is 0. The lowest BCUT2D eigenvalue weighted by atomic mass is 9.88. The number of halogens is 3. The van der Waals surface area contributed by atoms with Crippen LogP contribution in [0.1, 0.15) is 52.4 Å². The molecule has 18 heavy (non-hydrogen) atoms. The average molecular weight is 265 g/mol. The van der Waals surface area contributed by atoms with Gasteiger partial charge < -0.3 is 0 Å². The number of carbonyl (C=O) groups is 1. The minimum absolute atomic E-state index is 0.0281. The van der Waals surface area contributed by atoms with Gasteiger partial charge in [0.2, 0.25) is 0 Å². The van der Waals surface area contributed by atoms with Gasteiger partial charge in [-0.25, -0.2) is 0 Å². The average Bonchev–Trinajstić information content (AvgIpc) is 2.79. The molecule has 5 heteroatoms. The van der Waals surface area contributed by atoms with Crippen molar-refractivity contribution in [1.29, 1.82) is 0 Å². The maximum atomic E-state index is 12.2. The minimum Gasteiger partial charge on any atom is -0.298 e. The SMILES string of the molecule is CCC(C)(C(=O)CCCC(F)(F)F)N1CCCC1. The predicted octanol–water partition coefficient (Wildman–Crippen LogP) is 3.55. The van der Waals surface area contributed by atoms with Gasteiger partial charge >= 0.3 is 6.18 Å². The first kappa shape index (κ1) is 15.5. The van der Waals surface area contributed by atoms with Crippen LogP contribution in [0.5, 0.6) is 0 Å². The second-order valence-electron chi connectivity index (χ2n) is 5.21. The molecule has 0 radical (unpaired) electrons. The Morgan fingerprint density at radius 2 is 1.78 bits per heavy atom. The molecule has 0 saturated carbocycles. The first-order valence-corrected chi connectivity index (χ1v) is 6.64. The quantitative estimate of drug-likeness (QED) is 0.732. The Balaban J connectivity index is 2.51. The van der Waals surface area contributed by atoms with Crippen LogP contribution >= 0.6 is 0 Å². The van der Waals surface area contributed by atoms with E-state index in [2.05, 4.69) is 4.90 Å². The van der Waals surface area contributed by atoms with Gasteiger partial charge in [0.05, 0.1) is 5.54 Å². The summed E-state index contributed by atoms with van der Waals surface area (Å²) in [6.07, 6.45) is -2.27. The van der Waals surface area contributed by atoms with Crippen LogP contribution in [0.4, 0.5) is 13.2 Å². The normalized spacial score (nSPS) is 20.9. The molecule has 0 aromatic carbocycles. The number of alkyl halides is 3. The number of Topliss-reactive ketones (excluding diaryl/α,β-unsaturated/α-hetero) is 1. The number of hydrogen-bond acceptors (Lipinski definition) is 2. The summed E-state index contributed by atoms with van der Waals surface area (Å²) >= 11 is 0. The Hall–Kier alpha value is -0.580. The molecule has 0 aliphatic carbocycles. The summed E-state index contributed by atoms with van der Waals surface area (Å²) in [5.74, 6) is -0.0452. The van der Waals surface area contributed by atoms with E-state index in [4.69, 9.17) is 0 Å². The van der Waals surface area contributed by atoms with E-state index in [9.17, 15) is 18.0 Å². The summed E-state index contributed by atoms with van der Waals surface area (Å²) in [6, 6.07) is 0. The molecular formula is C13H22F3NO. The van der Waals surface area contributed by atoms with E-state index in [-0.39, 0.29) is 18.6 Å². The fraction of sp³-hybridized carbons (Fsp3) is 0.923. The highest BCUT2D eigenvalue weighted by atomic mass is 19.4. The van der Waals surface area contributed by atoms with Crippen molar-refractivity contribution in [1.82, 2.24) is 4.90 Å². The van der Waals surface area contributed by atoms with Crippen molar-refractivity contribution in [3.8, 4) is 0 Å². The monoisotopic (exact) mass is 265 g/mol. The molecule has 1 fully saturated rings. The van der Waals surface area contributed by atoms with Crippen LogP contribution < -0.4 is 0 Å². The molecule has 1 aliphatic rings. The lowest BCUT2D eigenvalue weighted by molar-refractivity contribution is -0.139. The van der Waals surface area contributed by atoms with Gasteiger partial charge in [-0.05, 0) is 45.7 Å². The third kappa shape index (κ3) is 3.97. The standard InChI is InChI=1S/C13H22F3NO/c1-3-12(2,17-9-4-5-10-17)11(18)7-6-8-13(14,15)16/h3-10H2,1-2H3. The number of ketones is 1. The van der Waals surface area contributed by atoms with Crippen LogP contribution in [-0.4, -0.2) is 35.5 Å². The summed E-state index contributed by atoms with van der Waals surface area (Å²) in [5.41, 5.74) is -0.567. The lowest BCUT2D eigenvalue weighted by Gasteiger charge is -2.36. The fourth-order valence-electron chi connectivity index (χ4n) is 2.53. The molecule has 106 valence electrons. The van der Waals surface area contributed by atoms with E-state index in [0.29, 0.717) is 6.42 Å². The van der Waals surface area contributed by atoms with Crippen LogP contribution in [0.15, 0.2) is 0 Å². The van der Waals surface area contributed by atoms with Crippen molar-refractivity contribution < 1.29 is 18.0 Å². The second-order valence-corrected chi connectivity index (χ2v) is 5.21. The molecule has 0 aromatic heterocycles. The predicted molar refractivity (Wildman–Crippen MR) is 64.4 cm³/mol. The molecule has 0 amide bonds. The number of nitrogens with zero attached hydrogens (tertiary/aromatic N) is 1. The second kappa shape index (κ2) is 6.04. The van der Waals surface area contributed by atoms with E-state index < -0.39 is 18.1 Å². The van der Waals surface area contributed by atoms with E-state index >= 15 is 0 Å². The highest BCUT2D eigenvalue weighted by Gasteiger charge is 2.38. The molecule has 1 atom stereocenters. The van der Waals surface area contributed by atoms with Gasteiger partial charge in [-0.3, -0.25) is 9.69 Å². The van der Waals surface area contributed by atoms with E-state index in [0.717, 1.165) is 25.9 Å². The minimum atomic E-state index is -4.16. The molecular weight excluding hydrogens is 243 g/mol. The molecule has 1 aliphatic heterocycles. The van der Waals surface area contributed by atoms with Gasteiger partial charge in [-0.1, -0.05) is 6.92 Å². The van der Waals surface area contributed by atoms with Gasteiger partial charge in [-0.15, -0.1) is 0 Å². The molecule has 2 nitrogen and oxygen atoms in total. The van der Waals surface area contributed by atoms with Crippen LogP contribution in [0.25, 0.3) is 0 Å². The van der Waals surface area contributed by atoms with Crippen molar-refractivity contribution >= 4 is 5.78 Å². The highest BCUT2D eigenvalue weighted by Crippen LogP contribution is 2.29. The smallest absolute Gasteiger partial charge is 0.298 e. The molecule has 1 rings (SSSR count). The number of rotatable bonds is 6. The maximum Gasteiger partial charge on any atom is 0.389 e. The lowest BCUT2D eigenvalue weighted by Crippen LogP contribution is -2.50. The first-order chi connectivity index (χ1) is 8.29. The molecule has 1 saturated heterocycles. The van der Waals surface area contributed by atoms with Crippen molar-refractivity contribution in [2.75, 3.05) is 13.1 Å². The molecule has 0 aromatic rings. The zero-order chi connectivity index (χ0) is 13.8. The summed E-state index contributed by atoms with van der Waals surface area (Å²) in [4.78, 5) is 14.3. The molecule has 0 bridgehead atoms. The topological polar surface area (TPSA) is 20.3 Å². The van der Waals surface area contributed by atoms with Crippen molar-refractivity contribution in [2.24, 2.45) is 0 Å². The fourth-order valence-corrected chi connectivity index (χ4v) is 2.53. The Labute approximate surface area is 107 Å². The first-order valence-electron chi connectivity index (χ1n) is 6.64. The Kier molecular flexibility index (Phi) is 5.20. The molecule has 1 heterocycles. The third-order valence-corrected chi connectivity index (χ3v) is 3.96. The Morgan fingerprint density at radius 3 is 2.22 bits per heavy atom. The molecule has 0 spiro atoms. The van der Waals surface area contributed by atoms with Gasteiger partial charge in [-0.2, -0.15) is 13.2 Å². The van der Waals surface area contributed by atoms with E-state index in [1.54, 1.807) is 0 Å². The van der Waals surface area contributed by atoms with Crippen LogP contribution in [0.2, 0.25) is 0 Å². The Morgan fingerprint density at radius 1 is 1.22 bits per heavy atom. The van der Waals surface area contributed by atoms with Crippen LogP contribution in [-0.2, 0) is 4.79 Å². The third-order valence-electron chi connectivity index (χ3n) is 3.96. The number of carbonyl (C=O) groups excluding carboxylic acids is 1. The summed E-state index contributed by atoms with van der Waals surface area (Å²) in [6.45, 7) is 5.57. The maximum absolute atomic E-state index is 12.2. The van der Waals surface area contributed by atoms with Crippen LogP contribution in [0, 0.1) is 0 Å². The van der Waals surface area contributed by atoms with E-state index in [1.165, 1.54) is 0 Å². The van der Waals surface area contributed by atoms with Crippen molar-refractivity contribution in [3.05, 3.63) is 0 Å². The Bertz CT molecular complexity index is 284. The largest absolute Gasteiger partial charge is 0.389 e. The van der Waals surface area contributed by atoms with Crippen molar-refractivity contribution in [2.45, 2.75) is 64.1 Å². The van der Waals surface area contributed by atoms with Gasteiger partial charge in [0, 0.05) is 12.8 Å².